The molecule has 0 aliphatic rings. The standard InChI is InChI=1S/C7H7ClN2O.ClH/c8-4-1-2-5(7(9)10)6(11)3-4;/h1-3,11H,(H3,9,10);1H. The maximum absolute atomic E-state index is 9.16. The van der Waals surface area contributed by atoms with E-state index in [0.29, 0.717) is 10.6 Å². The summed E-state index contributed by atoms with van der Waals surface area (Å²) in [6.07, 6.45) is 0. The number of benzene rings is 1. The Morgan fingerprint density at radius 2 is 2.08 bits per heavy atom. The molecular weight excluding hydrogens is 199 g/mol. The van der Waals surface area contributed by atoms with E-state index in [4.69, 9.17) is 27.9 Å². The van der Waals surface area contributed by atoms with Crippen LogP contribution in [0.5, 0.6) is 5.75 Å². The van der Waals surface area contributed by atoms with Gasteiger partial charge in [-0.2, -0.15) is 0 Å². The SMILES string of the molecule is Cl.N=C(N)c1ccc(Cl)cc1O. The summed E-state index contributed by atoms with van der Waals surface area (Å²) in [6.45, 7) is 0. The number of aromatic hydroxyl groups is 1. The number of phenolic OH excluding ortho intramolecular Hbond substituents is 1. The Labute approximate surface area is 81.1 Å². The van der Waals surface area contributed by atoms with Crippen LogP contribution in [0, 0.1) is 5.41 Å². The first-order valence-corrected chi connectivity index (χ1v) is 3.32. The van der Waals surface area contributed by atoms with Crippen LogP contribution in [0.2, 0.25) is 5.02 Å². The molecule has 0 amide bonds. The van der Waals surface area contributed by atoms with E-state index < -0.39 is 0 Å². The van der Waals surface area contributed by atoms with Gasteiger partial charge in [0.1, 0.15) is 11.6 Å². The van der Waals surface area contributed by atoms with Gasteiger partial charge in [0.2, 0.25) is 0 Å². The minimum absolute atomic E-state index is 0. The van der Waals surface area contributed by atoms with Crippen molar-refractivity contribution in [2.75, 3.05) is 0 Å². The lowest BCUT2D eigenvalue weighted by Gasteiger charge is -2.00. The number of nitrogens with two attached hydrogens (primary N) is 1. The summed E-state index contributed by atoms with van der Waals surface area (Å²) >= 11 is 5.55. The second kappa shape index (κ2) is 4.18. The molecule has 5 heteroatoms. The zero-order valence-corrected chi connectivity index (χ0v) is 7.62. The molecule has 66 valence electrons. The van der Waals surface area contributed by atoms with Crippen molar-refractivity contribution >= 4 is 29.8 Å². The lowest BCUT2D eigenvalue weighted by molar-refractivity contribution is 0.474. The maximum Gasteiger partial charge on any atom is 0.127 e. The van der Waals surface area contributed by atoms with Crippen LogP contribution in [0.1, 0.15) is 5.56 Å². The van der Waals surface area contributed by atoms with Gasteiger partial charge in [-0.15, -0.1) is 12.4 Å². The van der Waals surface area contributed by atoms with Gasteiger partial charge in [0.25, 0.3) is 0 Å². The van der Waals surface area contributed by atoms with E-state index in [0.717, 1.165) is 0 Å². The topological polar surface area (TPSA) is 70.1 Å². The van der Waals surface area contributed by atoms with E-state index in [-0.39, 0.29) is 24.0 Å². The lowest BCUT2D eigenvalue weighted by Crippen LogP contribution is -2.10. The minimum Gasteiger partial charge on any atom is -0.507 e. The fourth-order valence-corrected chi connectivity index (χ4v) is 0.899. The normalized spacial score (nSPS) is 8.75. The number of nitrogens with one attached hydrogen (secondary N) is 1. The fraction of sp³-hybridized carbons (Fsp3) is 0. The first-order valence-electron chi connectivity index (χ1n) is 2.94. The van der Waals surface area contributed by atoms with E-state index in [1.165, 1.54) is 12.1 Å². The highest BCUT2D eigenvalue weighted by Crippen LogP contribution is 2.20. The van der Waals surface area contributed by atoms with Gasteiger partial charge in [0.15, 0.2) is 0 Å². The van der Waals surface area contributed by atoms with Crippen LogP contribution in [0.15, 0.2) is 18.2 Å². The first-order chi connectivity index (χ1) is 5.11. The monoisotopic (exact) mass is 206 g/mol. The lowest BCUT2D eigenvalue weighted by atomic mass is 10.2. The number of halogens is 2. The molecule has 0 heterocycles. The fourth-order valence-electron chi connectivity index (χ4n) is 0.733. The van der Waals surface area contributed by atoms with Crippen LogP contribution in [0.25, 0.3) is 0 Å². The predicted molar refractivity (Wildman–Crippen MR) is 51.4 cm³/mol. The van der Waals surface area contributed by atoms with Gasteiger partial charge in [-0.25, -0.2) is 0 Å². The Hall–Kier alpha value is -0.930. The summed E-state index contributed by atoms with van der Waals surface area (Å²) in [4.78, 5) is 0. The van der Waals surface area contributed by atoms with Crippen molar-refractivity contribution in [1.29, 1.82) is 5.41 Å². The average Bonchev–Trinajstić information content (AvgIpc) is 1.85. The van der Waals surface area contributed by atoms with Crippen LogP contribution in [0.4, 0.5) is 0 Å². The molecule has 1 rings (SSSR count). The van der Waals surface area contributed by atoms with Gasteiger partial charge in [-0.3, -0.25) is 5.41 Å². The molecule has 0 saturated heterocycles. The second-order valence-corrected chi connectivity index (χ2v) is 2.51. The van der Waals surface area contributed by atoms with Crippen molar-refractivity contribution < 1.29 is 5.11 Å². The van der Waals surface area contributed by atoms with Crippen molar-refractivity contribution in [2.45, 2.75) is 0 Å². The van der Waals surface area contributed by atoms with Crippen molar-refractivity contribution in [3.8, 4) is 5.75 Å². The molecule has 1 aromatic carbocycles. The predicted octanol–water partition coefficient (Wildman–Crippen LogP) is 1.75. The summed E-state index contributed by atoms with van der Waals surface area (Å²) in [5, 5.41) is 16.6. The van der Waals surface area contributed by atoms with Crippen LogP contribution in [-0.4, -0.2) is 10.9 Å². The van der Waals surface area contributed by atoms with Crippen LogP contribution >= 0.6 is 24.0 Å². The molecule has 12 heavy (non-hydrogen) atoms. The van der Waals surface area contributed by atoms with Gasteiger partial charge < -0.3 is 10.8 Å². The Morgan fingerprint density at radius 3 is 2.50 bits per heavy atom. The molecule has 1 aromatic rings. The third kappa shape index (κ3) is 2.29. The summed E-state index contributed by atoms with van der Waals surface area (Å²) < 4.78 is 0. The molecule has 0 aliphatic carbocycles. The average molecular weight is 207 g/mol. The quantitative estimate of drug-likeness (QED) is 0.485. The molecule has 0 bridgehead atoms. The highest BCUT2D eigenvalue weighted by Gasteiger charge is 2.02. The van der Waals surface area contributed by atoms with Gasteiger partial charge in [-0.1, -0.05) is 11.6 Å². The molecule has 0 fully saturated rings. The molecule has 0 atom stereocenters. The molecule has 3 nitrogen and oxygen atoms in total. The van der Waals surface area contributed by atoms with E-state index >= 15 is 0 Å². The molecule has 0 unspecified atom stereocenters. The van der Waals surface area contributed by atoms with Gasteiger partial charge in [0, 0.05) is 5.02 Å². The molecule has 0 aliphatic heterocycles. The van der Waals surface area contributed by atoms with Crippen molar-refractivity contribution in [3.63, 3.8) is 0 Å². The smallest absolute Gasteiger partial charge is 0.127 e. The Balaban J connectivity index is 0.00000121. The molecule has 0 saturated carbocycles. The number of rotatable bonds is 1. The van der Waals surface area contributed by atoms with Gasteiger partial charge in [-0.05, 0) is 18.2 Å². The maximum atomic E-state index is 9.16. The van der Waals surface area contributed by atoms with Crippen LogP contribution < -0.4 is 5.73 Å². The number of amidine groups is 1. The summed E-state index contributed by atoms with van der Waals surface area (Å²) in [5.41, 5.74) is 5.45. The largest absolute Gasteiger partial charge is 0.507 e. The van der Waals surface area contributed by atoms with E-state index in [1.807, 2.05) is 0 Å². The Morgan fingerprint density at radius 1 is 1.50 bits per heavy atom. The molecule has 0 aromatic heterocycles. The molecule has 0 spiro atoms. The molecule has 4 N–H and O–H groups in total. The highest BCUT2D eigenvalue weighted by atomic mass is 35.5. The minimum atomic E-state index is -0.167. The third-order valence-electron chi connectivity index (χ3n) is 1.25. The van der Waals surface area contributed by atoms with E-state index in [9.17, 15) is 0 Å². The zero-order chi connectivity index (χ0) is 8.43. The van der Waals surface area contributed by atoms with Gasteiger partial charge in [0.05, 0.1) is 5.56 Å². The summed E-state index contributed by atoms with van der Waals surface area (Å²) in [7, 11) is 0. The zero-order valence-electron chi connectivity index (χ0n) is 6.04. The summed E-state index contributed by atoms with van der Waals surface area (Å²) in [5.74, 6) is -0.232. The number of hydrogen-bond donors (Lipinski definition) is 3. The number of nitrogen functional groups attached to an aromatic ring is 1. The third-order valence-corrected chi connectivity index (χ3v) is 1.49. The van der Waals surface area contributed by atoms with E-state index in [2.05, 4.69) is 0 Å². The first kappa shape index (κ1) is 11.1. The van der Waals surface area contributed by atoms with Crippen molar-refractivity contribution in [2.24, 2.45) is 5.73 Å². The van der Waals surface area contributed by atoms with Crippen LogP contribution in [-0.2, 0) is 0 Å². The molecular formula is C7H8Cl2N2O. The summed E-state index contributed by atoms with van der Waals surface area (Å²) in [6, 6.07) is 4.41. The Bertz CT molecular complexity index is 301. The second-order valence-electron chi connectivity index (χ2n) is 2.08. The number of hydrogen-bond acceptors (Lipinski definition) is 2. The van der Waals surface area contributed by atoms with Crippen molar-refractivity contribution in [1.82, 2.24) is 0 Å². The van der Waals surface area contributed by atoms with Crippen molar-refractivity contribution in [3.05, 3.63) is 28.8 Å². The highest BCUT2D eigenvalue weighted by molar-refractivity contribution is 6.30. The molecule has 0 radical (unpaired) electrons. The number of phenols is 1. The van der Waals surface area contributed by atoms with Gasteiger partial charge >= 0.3 is 0 Å². The van der Waals surface area contributed by atoms with Crippen LogP contribution in [0.3, 0.4) is 0 Å². The van der Waals surface area contributed by atoms with E-state index in [1.54, 1.807) is 6.07 Å². The Kier molecular flexibility index (Phi) is 3.86.